The van der Waals surface area contributed by atoms with Gasteiger partial charge in [0.25, 0.3) is 0 Å². The predicted molar refractivity (Wildman–Crippen MR) is 77.3 cm³/mol. The molecule has 4 rings (SSSR count). The maximum atomic E-state index is 10.8. The van der Waals surface area contributed by atoms with Crippen LogP contribution in [0.1, 0.15) is 5.82 Å². The van der Waals surface area contributed by atoms with Crippen LogP contribution < -0.4 is 0 Å². The predicted octanol–water partition coefficient (Wildman–Crippen LogP) is 0.702. The van der Waals surface area contributed by atoms with Gasteiger partial charge in [0.2, 0.25) is 18.1 Å². The van der Waals surface area contributed by atoms with Gasteiger partial charge in [-0.3, -0.25) is 9.89 Å². The second-order valence-corrected chi connectivity index (χ2v) is 5.04. The van der Waals surface area contributed by atoms with Crippen LogP contribution >= 0.6 is 0 Å². The number of hydrogen-bond donors (Lipinski definition) is 1. The van der Waals surface area contributed by atoms with Gasteiger partial charge in [0.05, 0.1) is 6.54 Å². The molecule has 0 saturated carbocycles. The first-order chi connectivity index (χ1) is 10.8. The Bertz CT molecular complexity index is 808. The van der Waals surface area contributed by atoms with E-state index in [2.05, 4.69) is 25.4 Å². The van der Waals surface area contributed by atoms with Gasteiger partial charge in [0.15, 0.2) is 11.6 Å². The highest BCUT2D eigenvalue weighted by Gasteiger charge is 2.23. The average Bonchev–Trinajstić information content (AvgIpc) is 3.21. The van der Waals surface area contributed by atoms with E-state index in [-0.39, 0.29) is 0 Å². The minimum atomic E-state index is 0.465. The van der Waals surface area contributed by atoms with Gasteiger partial charge >= 0.3 is 0 Å². The minimum absolute atomic E-state index is 0.465. The third kappa shape index (κ3) is 2.05. The molecule has 3 heterocycles. The zero-order valence-electron chi connectivity index (χ0n) is 11.7. The number of rotatable bonds is 3. The fourth-order valence-corrected chi connectivity index (χ4v) is 2.52. The minimum Gasteiger partial charge on any atom is -0.336 e. The summed E-state index contributed by atoms with van der Waals surface area (Å²) in [4.78, 5) is 17.0. The van der Waals surface area contributed by atoms with Crippen LogP contribution in [0.5, 0.6) is 0 Å². The summed E-state index contributed by atoms with van der Waals surface area (Å²) in [7, 11) is 0. The first kappa shape index (κ1) is 12.7. The Morgan fingerprint density at radius 1 is 1.14 bits per heavy atom. The topological polar surface area (TPSA) is 92.6 Å². The summed E-state index contributed by atoms with van der Waals surface area (Å²) in [6, 6.07) is 9.78. The van der Waals surface area contributed by atoms with Gasteiger partial charge in [0, 0.05) is 18.7 Å². The molecule has 1 aliphatic rings. The maximum absolute atomic E-state index is 10.8. The molecule has 0 unspecified atom stereocenters. The molecule has 22 heavy (non-hydrogen) atoms. The number of carbonyl (C=O) groups excluding carboxylic acids is 1. The summed E-state index contributed by atoms with van der Waals surface area (Å²) in [5, 5.41) is 15.5. The lowest BCUT2D eigenvalue weighted by molar-refractivity contribution is -0.119. The number of hydrogen-bond acceptors (Lipinski definition) is 5. The Kier molecular flexibility index (Phi) is 2.92. The summed E-state index contributed by atoms with van der Waals surface area (Å²) in [6.45, 7) is 1.75. The van der Waals surface area contributed by atoms with Crippen LogP contribution in [0.2, 0.25) is 0 Å². The maximum Gasteiger partial charge on any atom is 0.219 e. The zero-order valence-corrected chi connectivity index (χ0v) is 11.7. The third-order valence-corrected chi connectivity index (χ3v) is 3.66. The average molecular weight is 295 g/mol. The number of nitrogens with one attached hydrogen (secondary N) is 1. The van der Waals surface area contributed by atoms with E-state index in [9.17, 15) is 4.79 Å². The van der Waals surface area contributed by atoms with Crippen molar-refractivity contribution < 1.29 is 4.79 Å². The highest BCUT2D eigenvalue weighted by molar-refractivity contribution is 5.57. The highest BCUT2D eigenvalue weighted by Crippen LogP contribution is 2.21. The van der Waals surface area contributed by atoms with Crippen LogP contribution in [0.3, 0.4) is 0 Å². The van der Waals surface area contributed by atoms with Crippen molar-refractivity contribution in [3.8, 4) is 23.0 Å². The molecule has 0 spiro atoms. The zero-order chi connectivity index (χ0) is 14.9. The van der Waals surface area contributed by atoms with Crippen molar-refractivity contribution in [3.05, 3.63) is 36.2 Å². The second kappa shape index (κ2) is 5.06. The molecule has 8 nitrogen and oxygen atoms in total. The van der Waals surface area contributed by atoms with Crippen molar-refractivity contribution in [3.63, 3.8) is 0 Å². The van der Waals surface area contributed by atoms with E-state index in [1.54, 1.807) is 4.90 Å². The molecule has 8 heteroatoms. The molecule has 0 bridgehead atoms. The summed E-state index contributed by atoms with van der Waals surface area (Å²) < 4.78 is 1.96. The molecular formula is C14H13N7O. The van der Waals surface area contributed by atoms with Crippen LogP contribution in [0.25, 0.3) is 23.0 Å². The Morgan fingerprint density at radius 2 is 2.00 bits per heavy atom. The van der Waals surface area contributed by atoms with Crippen LogP contribution in [0.15, 0.2) is 30.3 Å². The smallest absolute Gasteiger partial charge is 0.219 e. The van der Waals surface area contributed by atoms with Crippen molar-refractivity contribution in [2.75, 3.05) is 6.54 Å². The van der Waals surface area contributed by atoms with Crippen molar-refractivity contribution in [2.45, 2.75) is 13.1 Å². The second-order valence-electron chi connectivity index (χ2n) is 5.04. The lowest BCUT2D eigenvalue weighted by Gasteiger charge is -2.23. The lowest BCUT2D eigenvalue weighted by Crippen LogP contribution is -2.32. The van der Waals surface area contributed by atoms with E-state index < -0.39 is 0 Å². The molecule has 1 N–H and O–H groups in total. The Morgan fingerprint density at radius 3 is 2.82 bits per heavy atom. The summed E-state index contributed by atoms with van der Waals surface area (Å²) in [5.74, 6) is 2.58. The first-order valence-corrected chi connectivity index (χ1v) is 6.95. The van der Waals surface area contributed by atoms with E-state index in [0.29, 0.717) is 37.1 Å². The molecule has 0 radical (unpaired) electrons. The summed E-state index contributed by atoms with van der Waals surface area (Å²) >= 11 is 0. The van der Waals surface area contributed by atoms with Gasteiger partial charge in [-0.2, -0.15) is 0 Å². The SMILES string of the molecule is O=CN1CCn2c(nnc2-c2n[nH]c(-c3ccccc3)n2)C1. The standard InChI is InChI=1S/C14H13N7O/c22-9-20-6-7-21-11(8-20)16-19-14(21)13-15-12(17-18-13)10-4-2-1-3-5-10/h1-5,9H,6-8H2,(H,15,17,18). The van der Waals surface area contributed by atoms with Gasteiger partial charge in [-0.15, -0.1) is 15.3 Å². The number of carbonyl (C=O) groups is 1. The molecular weight excluding hydrogens is 282 g/mol. The van der Waals surface area contributed by atoms with Crippen molar-refractivity contribution in [1.29, 1.82) is 0 Å². The monoisotopic (exact) mass is 295 g/mol. The molecule has 1 amide bonds. The molecule has 0 atom stereocenters. The van der Waals surface area contributed by atoms with E-state index in [1.165, 1.54) is 0 Å². The number of amides is 1. The van der Waals surface area contributed by atoms with E-state index in [1.807, 2.05) is 34.9 Å². The van der Waals surface area contributed by atoms with Gasteiger partial charge in [-0.25, -0.2) is 4.98 Å². The van der Waals surface area contributed by atoms with E-state index in [0.717, 1.165) is 17.8 Å². The molecule has 1 aliphatic heterocycles. The number of benzene rings is 1. The molecule has 3 aromatic rings. The molecule has 1 aromatic carbocycles. The summed E-state index contributed by atoms with van der Waals surface area (Å²) in [5.41, 5.74) is 0.965. The van der Waals surface area contributed by atoms with Gasteiger partial charge in [-0.05, 0) is 0 Å². The van der Waals surface area contributed by atoms with Crippen LogP contribution in [0.4, 0.5) is 0 Å². The first-order valence-electron chi connectivity index (χ1n) is 6.95. The van der Waals surface area contributed by atoms with Crippen molar-refractivity contribution >= 4 is 6.41 Å². The van der Waals surface area contributed by atoms with Crippen molar-refractivity contribution in [2.24, 2.45) is 0 Å². The number of fused-ring (bicyclic) bond motifs is 1. The molecule has 0 aliphatic carbocycles. The molecule has 0 fully saturated rings. The quantitative estimate of drug-likeness (QED) is 0.718. The normalized spacial score (nSPS) is 13.9. The van der Waals surface area contributed by atoms with Crippen LogP contribution in [-0.2, 0) is 17.9 Å². The van der Waals surface area contributed by atoms with Gasteiger partial charge < -0.3 is 9.47 Å². The number of H-pyrrole nitrogens is 1. The largest absolute Gasteiger partial charge is 0.336 e. The van der Waals surface area contributed by atoms with E-state index >= 15 is 0 Å². The Hall–Kier alpha value is -3.03. The summed E-state index contributed by atoms with van der Waals surface area (Å²) in [6.07, 6.45) is 0.832. The molecule has 0 saturated heterocycles. The number of nitrogens with zero attached hydrogens (tertiary/aromatic N) is 6. The molecule has 110 valence electrons. The highest BCUT2D eigenvalue weighted by atomic mass is 16.1. The third-order valence-electron chi connectivity index (χ3n) is 3.66. The fraction of sp³-hybridized carbons (Fsp3) is 0.214. The Balaban J connectivity index is 1.68. The molecule has 2 aromatic heterocycles. The lowest BCUT2D eigenvalue weighted by atomic mass is 10.2. The van der Waals surface area contributed by atoms with E-state index in [4.69, 9.17) is 0 Å². The van der Waals surface area contributed by atoms with Crippen molar-refractivity contribution in [1.82, 2.24) is 34.8 Å². The van der Waals surface area contributed by atoms with Gasteiger partial charge in [0.1, 0.15) is 0 Å². The van der Waals surface area contributed by atoms with Crippen LogP contribution in [0, 0.1) is 0 Å². The fourth-order valence-electron chi connectivity index (χ4n) is 2.52. The number of aromatic nitrogens is 6. The van der Waals surface area contributed by atoms with Gasteiger partial charge in [-0.1, -0.05) is 30.3 Å². The Labute approximate surface area is 125 Å². The van der Waals surface area contributed by atoms with Crippen LogP contribution in [-0.4, -0.2) is 47.8 Å². The number of aromatic amines is 1.